The van der Waals surface area contributed by atoms with Gasteiger partial charge in [-0.1, -0.05) is 325 Å². The van der Waals surface area contributed by atoms with Crippen molar-refractivity contribution in [2.75, 3.05) is 39.6 Å². The van der Waals surface area contributed by atoms with E-state index in [0.29, 0.717) is 25.7 Å². The lowest BCUT2D eigenvalue weighted by atomic mass is 9.99. The molecule has 0 aliphatic heterocycles. The molecule has 0 bridgehead atoms. The van der Waals surface area contributed by atoms with E-state index < -0.39 is 97.5 Å². The molecule has 0 saturated carbocycles. The van der Waals surface area contributed by atoms with E-state index in [4.69, 9.17) is 37.0 Å². The highest BCUT2D eigenvalue weighted by molar-refractivity contribution is 7.47. The average molecular weight is 1370 g/mol. The second-order valence-electron chi connectivity index (χ2n) is 27.6. The summed E-state index contributed by atoms with van der Waals surface area (Å²) in [6.45, 7) is 11.9. The number of ether oxygens (including phenoxy) is 4. The fourth-order valence-corrected chi connectivity index (χ4v) is 12.8. The van der Waals surface area contributed by atoms with E-state index in [-0.39, 0.29) is 25.7 Å². The molecule has 0 heterocycles. The molecule has 0 aliphatic rings. The van der Waals surface area contributed by atoms with Crippen LogP contribution in [-0.4, -0.2) is 96.7 Å². The molecule has 0 aromatic heterocycles. The van der Waals surface area contributed by atoms with Crippen LogP contribution in [0.5, 0.6) is 0 Å². The van der Waals surface area contributed by atoms with Gasteiger partial charge in [0.2, 0.25) is 0 Å². The molecule has 552 valence electrons. The highest BCUT2D eigenvalue weighted by Crippen LogP contribution is 2.45. The molecule has 0 aliphatic carbocycles. The van der Waals surface area contributed by atoms with Crippen LogP contribution in [0.3, 0.4) is 0 Å². The maximum atomic E-state index is 13.1. The van der Waals surface area contributed by atoms with E-state index in [2.05, 4.69) is 48.5 Å². The van der Waals surface area contributed by atoms with Crippen LogP contribution in [0.25, 0.3) is 0 Å². The molecule has 0 rings (SSSR count). The van der Waals surface area contributed by atoms with Crippen molar-refractivity contribution in [1.82, 2.24) is 0 Å². The first-order valence-electron chi connectivity index (χ1n) is 38.4. The van der Waals surface area contributed by atoms with Crippen molar-refractivity contribution in [2.45, 2.75) is 394 Å². The van der Waals surface area contributed by atoms with Gasteiger partial charge in [0, 0.05) is 25.7 Å². The van der Waals surface area contributed by atoms with Crippen LogP contribution >= 0.6 is 15.6 Å². The molecular weight excluding hydrogens is 1220 g/mol. The molecule has 0 spiro atoms. The number of aliphatic hydroxyl groups is 1. The van der Waals surface area contributed by atoms with Gasteiger partial charge in [-0.2, -0.15) is 0 Å². The molecule has 0 aromatic carbocycles. The van der Waals surface area contributed by atoms with Crippen LogP contribution in [0.1, 0.15) is 376 Å². The van der Waals surface area contributed by atoms with Gasteiger partial charge in [0.15, 0.2) is 12.2 Å². The number of unbranched alkanes of at least 4 members (excludes halogenated alkanes) is 38. The van der Waals surface area contributed by atoms with E-state index in [1.54, 1.807) is 0 Å². The van der Waals surface area contributed by atoms with E-state index in [1.807, 2.05) is 0 Å². The van der Waals surface area contributed by atoms with Crippen molar-refractivity contribution in [3.05, 3.63) is 0 Å². The van der Waals surface area contributed by atoms with Gasteiger partial charge in [0.25, 0.3) is 0 Å². The molecule has 7 atom stereocenters. The average Bonchev–Trinajstić information content (AvgIpc) is 3.02. The van der Waals surface area contributed by atoms with E-state index >= 15 is 0 Å². The molecule has 0 saturated heterocycles. The Bertz CT molecular complexity index is 1820. The maximum absolute atomic E-state index is 13.1. The van der Waals surface area contributed by atoms with Crippen LogP contribution in [0.4, 0.5) is 0 Å². The second kappa shape index (κ2) is 64.7. The number of esters is 4. The topological polar surface area (TPSA) is 237 Å². The van der Waals surface area contributed by atoms with Crippen LogP contribution in [-0.2, 0) is 65.4 Å². The quantitative estimate of drug-likeness (QED) is 0.0222. The van der Waals surface area contributed by atoms with Gasteiger partial charge >= 0.3 is 39.5 Å². The Morgan fingerprint density at radius 3 is 0.817 bits per heavy atom. The van der Waals surface area contributed by atoms with Gasteiger partial charge in [-0.05, 0) is 43.4 Å². The summed E-state index contributed by atoms with van der Waals surface area (Å²) in [7, 11) is -9.91. The minimum atomic E-state index is -4.96. The van der Waals surface area contributed by atoms with Gasteiger partial charge in [-0.3, -0.25) is 37.3 Å². The largest absolute Gasteiger partial charge is 0.472 e. The Labute approximate surface area is 568 Å². The van der Waals surface area contributed by atoms with Gasteiger partial charge in [0.05, 0.1) is 26.4 Å². The van der Waals surface area contributed by atoms with E-state index in [9.17, 15) is 43.2 Å². The third-order valence-electron chi connectivity index (χ3n) is 17.9. The van der Waals surface area contributed by atoms with Crippen LogP contribution in [0.15, 0.2) is 0 Å². The molecule has 0 aromatic rings. The lowest BCUT2D eigenvalue weighted by Crippen LogP contribution is -2.30. The lowest BCUT2D eigenvalue weighted by molar-refractivity contribution is -0.161. The highest BCUT2D eigenvalue weighted by Gasteiger charge is 2.30. The molecule has 93 heavy (non-hydrogen) atoms. The molecule has 0 radical (unpaired) electrons. The smallest absolute Gasteiger partial charge is 0.462 e. The summed E-state index contributed by atoms with van der Waals surface area (Å²) < 4.78 is 68.4. The summed E-state index contributed by atoms with van der Waals surface area (Å²) in [6.07, 6.45) is 49.9. The minimum absolute atomic E-state index is 0.105. The summed E-state index contributed by atoms with van der Waals surface area (Å²) in [5.74, 6) is 0.274. The fraction of sp³-hybridized carbons (Fsp3) is 0.946. The first-order chi connectivity index (χ1) is 44.8. The number of carbonyl (C=O) groups excluding carboxylic acids is 4. The zero-order valence-electron chi connectivity index (χ0n) is 60.7. The molecular formula is C74H144O17P2. The predicted molar refractivity (Wildman–Crippen MR) is 377 cm³/mol. The monoisotopic (exact) mass is 1370 g/mol. The molecule has 0 fully saturated rings. The highest BCUT2D eigenvalue weighted by atomic mass is 31.2. The molecule has 0 amide bonds. The fourth-order valence-electron chi connectivity index (χ4n) is 11.2. The van der Waals surface area contributed by atoms with Crippen LogP contribution in [0.2, 0.25) is 0 Å². The number of carbonyl (C=O) groups is 4. The number of hydrogen-bond donors (Lipinski definition) is 3. The summed E-state index contributed by atoms with van der Waals surface area (Å²) >= 11 is 0. The first-order valence-corrected chi connectivity index (χ1v) is 41.4. The van der Waals surface area contributed by atoms with Crippen molar-refractivity contribution in [1.29, 1.82) is 0 Å². The Hall–Kier alpha value is -1.94. The minimum Gasteiger partial charge on any atom is -0.462 e. The predicted octanol–water partition coefficient (Wildman–Crippen LogP) is 21.4. The Kier molecular flexibility index (Phi) is 63.4. The SMILES string of the molecule is CCCCCCCCCCC(=O)OC[C@H](COP(=O)(O)OC[C@H](O)COP(=O)(O)OC[C@@H](COC(=O)CCCCCCCCCCCCCCC(C)C)OC(=O)CCCCCCCCCCCCCCCCC(C)CC)OC(=O)CCCCCCCCCCC(C)CC. The van der Waals surface area contributed by atoms with Gasteiger partial charge in [0.1, 0.15) is 19.3 Å². The lowest BCUT2D eigenvalue weighted by Gasteiger charge is -2.21. The van der Waals surface area contributed by atoms with Gasteiger partial charge < -0.3 is 33.8 Å². The summed E-state index contributed by atoms with van der Waals surface area (Å²) in [4.78, 5) is 72.6. The van der Waals surface area contributed by atoms with Crippen molar-refractivity contribution >= 4 is 39.5 Å². The summed E-state index contributed by atoms with van der Waals surface area (Å²) in [5, 5.41) is 10.6. The first kappa shape index (κ1) is 91.1. The molecule has 3 N–H and O–H groups in total. The van der Waals surface area contributed by atoms with Crippen LogP contribution in [0, 0.1) is 17.8 Å². The zero-order chi connectivity index (χ0) is 68.7. The zero-order valence-corrected chi connectivity index (χ0v) is 62.5. The second-order valence-corrected chi connectivity index (χ2v) is 30.6. The van der Waals surface area contributed by atoms with E-state index in [1.165, 1.54) is 180 Å². The molecule has 19 heteroatoms. The Morgan fingerprint density at radius 2 is 0.548 bits per heavy atom. The van der Waals surface area contributed by atoms with Crippen LogP contribution < -0.4 is 0 Å². The maximum Gasteiger partial charge on any atom is 0.472 e. The number of phosphoric acid groups is 2. The third-order valence-corrected chi connectivity index (χ3v) is 19.8. The van der Waals surface area contributed by atoms with Crippen molar-refractivity contribution in [3.8, 4) is 0 Å². The summed E-state index contributed by atoms with van der Waals surface area (Å²) in [6, 6.07) is 0. The molecule has 4 unspecified atom stereocenters. The number of phosphoric ester groups is 2. The third kappa shape index (κ3) is 65.8. The molecule has 17 nitrogen and oxygen atoms in total. The van der Waals surface area contributed by atoms with Crippen molar-refractivity contribution < 1.29 is 80.2 Å². The Balaban J connectivity index is 5.23. The Morgan fingerprint density at radius 1 is 0.312 bits per heavy atom. The van der Waals surface area contributed by atoms with Crippen molar-refractivity contribution in [2.24, 2.45) is 17.8 Å². The van der Waals surface area contributed by atoms with Crippen molar-refractivity contribution in [3.63, 3.8) is 0 Å². The number of aliphatic hydroxyl groups excluding tert-OH is 1. The van der Waals surface area contributed by atoms with E-state index in [0.717, 1.165) is 114 Å². The number of hydrogen-bond acceptors (Lipinski definition) is 15. The van der Waals surface area contributed by atoms with Gasteiger partial charge in [-0.25, -0.2) is 9.13 Å². The summed E-state index contributed by atoms with van der Waals surface area (Å²) in [5.41, 5.74) is 0. The normalized spacial score (nSPS) is 14.7. The van der Waals surface area contributed by atoms with Gasteiger partial charge in [-0.15, -0.1) is 0 Å². The standard InChI is InChI=1S/C74H144O17P2/c1-8-11-12-13-14-34-41-48-55-71(76)84-61-69(91-74(79)58-51-44-37-30-29-33-40-47-54-67(7)10-3)63-88-92(80,81)86-59-68(75)60-87-93(82,83)89-64-70(62-85-72(77)56-49-42-35-27-23-20-19-21-25-31-38-45-52-65(4)5)90-73(78)57-50-43-36-28-24-18-16-15-17-22-26-32-39-46-53-66(6)9-2/h65-70,75H,8-64H2,1-7H3,(H,80,81)(H,82,83)/t66?,67?,68-,69+,70+/m0/s1. The number of rotatable bonds is 72.